The van der Waals surface area contributed by atoms with E-state index in [0.717, 1.165) is 33.8 Å². The molecule has 206 valence electrons. The summed E-state index contributed by atoms with van der Waals surface area (Å²) in [5.74, 6) is 1.93. The zero-order chi connectivity index (χ0) is 29.3. The fourth-order valence-corrected chi connectivity index (χ4v) is 6.22. The molecule has 44 heavy (non-hydrogen) atoms. The molecule has 0 bridgehead atoms. The van der Waals surface area contributed by atoms with E-state index in [9.17, 15) is 0 Å². The van der Waals surface area contributed by atoms with Crippen molar-refractivity contribution in [2.45, 2.75) is 0 Å². The third-order valence-electron chi connectivity index (χ3n) is 8.20. The van der Waals surface area contributed by atoms with Crippen LogP contribution in [0.1, 0.15) is 0 Å². The van der Waals surface area contributed by atoms with Gasteiger partial charge in [0.15, 0.2) is 17.5 Å². The summed E-state index contributed by atoms with van der Waals surface area (Å²) in [6, 6.07) is 56.9. The second kappa shape index (κ2) is 11.1. The third kappa shape index (κ3) is 4.56. The summed E-state index contributed by atoms with van der Waals surface area (Å²) in [5.41, 5.74) is 9.94. The maximum absolute atomic E-state index is 5.08. The molecule has 0 atom stereocenters. The summed E-state index contributed by atoms with van der Waals surface area (Å²) in [7, 11) is 0. The Morgan fingerprint density at radius 3 is 1.32 bits per heavy atom. The molecule has 0 saturated heterocycles. The van der Waals surface area contributed by atoms with Crippen molar-refractivity contribution in [1.82, 2.24) is 15.0 Å². The highest BCUT2D eigenvalue weighted by Gasteiger charge is 2.35. The highest BCUT2D eigenvalue weighted by Crippen LogP contribution is 2.41. The van der Waals surface area contributed by atoms with Crippen molar-refractivity contribution in [2.24, 2.45) is 0 Å². The first kappa shape index (κ1) is 25.9. The molecule has 0 spiro atoms. The van der Waals surface area contributed by atoms with E-state index < -0.39 is 0 Å². The van der Waals surface area contributed by atoms with Crippen LogP contribution in [-0.2, 0) is 0 Å². The summed E-state index contributed by atoms with van der Waals surface area (Å²) in [5, 5.41) is 0. The standard InChI is InChI=1S/C39H27BN4/c1-4-16-28(17-5-1)37-41-38(29-18-6-2-7-19-29)43-39(42-37)31-22-10-13-25-34(31)44-35-26-14-11-23-32(35)40(30-20-8-3-9-21-30)33-24-12-15-27-36(33)44/h1-27H. The largest absolute Gasteiger partial charge is 0.311 e. The average Bonchev–Trinajstić information content (AvgIpc) is 3.11. The van der Waals surface area contributed by atoms with Crippen LogP contribution in [0, 0.1) is 0 Å². The van der Waals surface area contributed by atoms with Crippen LogP contribution in [0.3, 0.4) is 0 Å². The molecule has 1 aliphatic heterocycles. The average molecular weight is 562 g/mol. The molecular weight excluding hydrogens is 535 g/mol. The van der Waals surface area contributed by atoms with Gasteiger partial charge in [-0.15, -0.1) is 0 Å². The molecule has 8 rings (SSSR count). The van der Waals surface area contributed by atoms with E-state index in [1.54, 1.807) is 0 Å². The molecule has 2 heterocycles. The number of benzene rings is 6. The fourth-order valence-electron chi connectivity index (χ4n) is 6.22. The van der Waals surface area contributed by atoms with Crippen molar-refractivity contribution in [3.05, 3.63) is 164 Å². The van der Waals surface area contributed by atoms with E-state index in [2.05, 4.69) is 108 Å². The molecular formula is C39H27BN4. The number of hydrogen-bond acceptors (Lipinski definition) is 4. The van der Waals surface area contributed by atoms with Crippen molar-refractivity contribution in [3.63, 3.8) is 0 Å². The van der Waals surface area contributed by atoms with Gasteiger partial charge in [-0.25, -0.2) is 15.0 Å². The Morgan fingerprint density at radius 2 is 0.773 bits per heavy atom. The molecule has 5 heteroatoms. The highest BCUT2D eigenvalue weighted by atomic mass is 15.2. The van der Waals surface area contributed by atoms with E-state index in [1.807, 2.05) is 60.7 Å². The zero-order valence-electron chi connectivity index (χ0n) is 24.0. The minimum atomic E-state index is 0.124. The Balaban J connectivity index is 1.35. The molecule has 0 fully saturated rings. The Morgan fingerprint density at radius 1 is 0.364 bits per heavy atom. The van der Waals surface area contributed by atoms with E-state index in [-0.39, 0.29) is 6.71 Å². The van der Waals surface area contributed by atoms with E-state index >= 15 is 0 Å². The van der Waals surface area contributed by atoms with Crippen molar-refractivity contribution in [2.75, 3.05) is 4.90 Å². The topological polar surface area (TPSA) is 41.9 Å². The normalized spacial score (nSPS) is 12.0. The molecule has 0 unspecified atom stereocenters. The summed E-state index contributed by atoms with van der Waals surface area (Å²) < 4.78 is 0. The molecule has 0 amide bonds. The first-order chi connectivity index (χ1) is 21.8. The lowest BCUT2D eigenvalue weighted by Crippen LogP contribution is -2.57. The fraction of sp³-hybridized carbons (Fsp3) is 0. The quantitative estimate of drug-likeness (QED) is 0.209. The van der Waals surface area contributed by atoms with Gasteiger partial charge in [0.25, 0.3) is 0 Å². The Labute approximate surface area is 257 Å². The first-order valence-electron chi connectivity index (χ1n) is 14.8. The predicted molar refractivity (Wildman–Crippen MR) is 182 cm³/mol. The molecule has 4 nitrogen and oxygen atoms in total. The number of rotatable bonds is 5. The van der Waals surface area contributed by atoms with Gasteiger partial charge in [-0.1, -0.05) is 145 Å². The van der Waals surface area contributed by atoms with E-state index in [4.69, 9.17) is 15.0 Å². The molecule has 7 aromatic rings. The van der Waals surface area contributed by atoms with E-state index in [0.29, 0.717) is 17.5 Å². The minimum Gasteiger partial charge on any atom is -0.311 e. The van der Waals surface area contributed by atoms with Crippen molar-refractivity contribution < 1.29 is 0 Å². The van der Waals surface area contributed by atoms with Crippen LogP contribution in [0.15, 0.2) is 164 Å². The maximum atomic E-state index is 5.08. The smallest absolute Gasteiger partial charge is 0.246 e. The van der Waals surface area contributed by atoms with Crippen molar-refractivity contribution in [3.8, 4) is 34.2 Å². The monoisotopic (exact) mass is 562 g/mol. The van der Waals surface area contributed by atoms with Crippen LogP contribution in [0.5, 0.6) is 0 Å². The van der Waals surface area contributed by atoms with Gasteiger partial charge in [0.2, 0.25) is 6.71 Å². The van der Waals surface area contributed by atoms with Gasteiger partial charge in [0, 0.05) is 28.1 Å². The predicted octanol–water partition coefficient (Wildman–Crippen LogP) is 7.17. The Kier molecular flexibility index (Phi) is 6.54. The number of anilines is 3. The van der Waals surface area contributed by atoms with Gasteiger partial charge in [-0.05, 0) is 35.2 Å². The number of hydrogen-bond donors (Lipinski definition) is 0. The van der Waals surface area contributed by atoms with Gasteiger partial charge in [-0.2, -0.15) is 0 Å². The lowest BCUT2D eigenvalue weighted by molar-refractivity contribution is 1.07. The van der Waals surface area contributed by atoms with E-state index in [1.165, 1.54) is 16.4 Å². The summed E-state index contributed by atoms with van der Waals surface area (Å²) in [6.45, 7) is 0.124. The number of aromatic nitrogens is 3. The van der Waals surface area contributed by atoms with Gasteiger partial charge >= 0.3 is 0 Å². The summed E-state index contributed by atoms with van der Waals surface area (Å²) in [4.78, 5) is 17.5. The van der Waals surface area contributed by atoms with Crippen LogP contribution < -0.4 is 21.3 Å². The first-order valence-corrected chi connectivity index (χ1v) is 14.8. The lowest BCUT2D eigenvalue weighted by atomic mass is 9.35. The van der Waals surface area contributed by atoms with Gasteiger partial charge < -0.3 is 4.90 Å². The molecule has 0 radical (unpaired) electrons. The van der Waals surface area contributed by atoms with Crippen LogP contribution in [0.25, 0.3) is 34.2 Å². The number of nitrogens with zero attached hydrogens (tertiary/aromatic N) is 4. The van der Waals surface area contributed by atoms with Gasteiger partial charge in [0.1, 0.15) is 0 Å². The van der Waals surface area contributed by atoms with Crippen LogP contribution in [-0.4, -0.2) is 21.7 Å². The van der Waals surface area contributed by atoms with Crippen LogP contribution in [0.2, 0.25) is 0 Å². The molecule has 1 aliphatic rings. The number of para-hydroxylation sites is 3. The third-order valence-corrected chi connectivity index (χ3v) is 8.20. The SMILES string of the molecule is c1ccc(B2c3ccccc3N(c3ccccc3-c3nc(-c4ccccc4)nc(-c4ccccc4)n3)c3ccccc32)cc1. The van der Waals surface area contributed by atoms with Crippen LogP contribution >= 0.6 is 0 Å². The number of fused-ring (bicyclic) bond motifs is 2. The second-order valence-corrected chi connectivity index (χ2v) is 10.9. The maximum Gasteiger partial charge on any atom is 0.246 e. The molecule has 0 aliphatic carbocycles. The molecule has 0 saturated carbocycles. The van der Waals surface area contributed by atoms with Crippen molar-refractivity contribution >= 4 is 40.2 Å². The van der Waals surface area contributed by atoms with Gasteiger partial charge in [-0.3, -0.25) is 0 Å². The minimum absolute atomic E-state index is 0.124. The zero-order valence-corrected chi connectivity index (χ0v) is 24.0. The van der Waals surface area contributed by atoms with Gasteiger partial charge in [0.05, 0.1) is 5.69 Å². The summed E-state index contributed by atoms with van der Waals surface area (Å²) >= 11 is 0. The van der Waals surface area contributed by atoms with Crippen LogP contribution in [0.4, 0.5) is 17.1 Å². The lowest BCUT2D eigenvalue weighted by Gasteiger charge is -2.37. The molecule has 1 aromatic heterocycles. The van der Waals surface area contributed by atoms with Crippen molar-refractivity contribution in [1.29, 1.82) is 0 Å². The second-order valence-electron chi connectivity index (χ2n) is 10.9. The Hall–Kier alpha value is -5.81. The highest BCUT2D eigenvalue weighted by molar-refractivity contribution is 6.98. The molecule has 6 aromatic carbocycles. The Bertz CT molecular complexity index is 1980. The molecule has 0 N–H and O–H groups in total. The summed E-state index contributed by atoms with van der Waals surface area (Å²) in [6.07, 6.45) is 0.